The van der Waals surface area contributed by atoms with Crippen LogP contribution in [0.2, 0.25) is 0 Å². The maximum absolute atomic E-state index is 11.8. The Labute approximate surface area is 140 Å². The van der Waals surface area contributed by atoms with Crippen LogP contribution in [0.4, 0.5) is 5.69 Å². The molecule has 1 aromatic carbocycles. The van der Waals surface area contributed by atoms with E-state index in [0.29, 0.717) is 11.4 Å². The molecule has 0 saturated heterocycles. The zero-order valence-corrected chi connectivity index (χ0v) is 13.7. The van der Waals surface area contributed by atoms with Gasteiger partial charge in [-0.1, -0.05) is 10.3 Å². The molecule has 114 valence electrons. The molecule has 0 unspecified atom stereocenters. The van der Waals surface area contributed by atoms with Gasteiger partial charge in [0, 0.05) is 9.26 Å². The predicted octanol–water partition coefficient (Wildman–Crippen LogP) is 2.37. The third kappa shape index (κ3) is 3.62. The lowest BCUT2D eigenvalue weighted by Crippen LogP contribution is -2.18. The van der Waals surface area contributed by atoms with Gasteiger partial charge in [0.2, 0.25) is 0 Å². The molecule has 22 heavy (non-hydrogen) atoms. The number of hydrogen-bond donors (Lipinski definition) is 1. The number of aromatic nitrogens is 2. The molecule has 7 nitrogen and oxygen atoms in total. The first-order valence-electron chi connectivity index (χ1n) is 6.78. The van der Waals surface area contributed by atoms with Gasteiger partial charge in [0.25, 0.3) is 5.91 Å². The average Bonchev–Trinajstić information content (AvgIpc) is 2.99. The fraction of sp³-hybridized carbons (Fsp3) is 0.286. The van der Waals surface area contributed by atoms with Crippen LogP contribution in [0.1, 0.15) is 24.2 Å². The maximum Gasteiger partial charge on any atom is 0.265 e. The molecule has 2 aromatic rings. The highest BCUT2D eigenvalue weighted by Gasteiger charge is 2.21. The molecular weight excluding hydrogens is 399 g/mol. The van der Waals surface area contributed by atoms with Gasteiger partial charge in [-0.2, -0.15) is 0 Å². The molecule has 1 amide bonds. The van der Waals surface area contributed by atoms with Crippen molar-refractivity contribution in [2.24, 2.45) is 5.16 Å². The van der Waals surface area contributed by atoms with Gasteiger partial charge in [-0.15, -0.1) is 0 Å². The monoisotopic (exact) mass is 412 g/mol. The van der Waals surface area contributed by atoms with Gasteiger partial charge in [-0.05, 0) is 71.3 Å². The predicted molar refractivity (Wildman–Crippen MR) is 87.5 cm³/mol. The molecule has 0 radical (unpaired) electrons. The van der Waals surface area contributed by atoms with Crippen LogP contribution in [0.25, 0.3) is 0 Å². The number of hydrogen-bond acceptors (Lipinski definition) is 6. The molecule has 0 saturated carbocycles. The summed E-state index contributed by atoms with van der Waals surface area (Å²) in [5, 5.41) is 14.3. The lowest BCUT2D eigenvalue weighted by Gasteiger charge is -2.09. The van der Waals surface area contributed by atoms with E-state index < -0.39 is 0 Å². The van der Waals surface area contributed by atoms with Crippen molar-refractivity contribution in [2.75, 3.05) is 11.9 Å². The Morgan fingerprint density at radius 1 is 1.32 bits per heavy atom. The molecule has 1 aromatic heterocycles. The summed E-state index contributed by atoms with van der Waals surface area (Å²) in [5.74, 6) is -0.264. The lowest BCUT2D eigenvalue weighted by molar-refractivity contribution is -0.120. The lowest BCUT2D eigenvalue weighted by atomic mass is 9.99. The Bertz CT molecular complexity index is 696. The quantitative estimate of drug-likeness (QED) is 0.615. The molecule has 0 bridgehead atoms. The second-order valence-corrected chi connectivity index (χ2v) is 6.03. The number of nitrogens with one attached hydrogen (secondary N) is 1. The molecule has 0 spiro atoms. The van der Waals surface area contributed by atoms with Crippen molar-refractivity contribution in [1.29, 1.82) is 0 Å². The molecular formula is C14H13IN4O3. The van der Waals surface area contributed by atoms with Gasteiger partial charge >= 0.3 is 0 Å². The number of anilines is 1. The Balaban J connectivity index is 1.54. The van der Waals surface area contributed by atoms with Crippen LogP contribution in [0.3, 0.4) is 0 Å². The molecule has 1 aliphatic carbocycles. The molecule has 0 aliphatic heterocycles. The summed E-state index contributed by atoms with van der Waals surface area (Å²) in [5.41, 5.74) is 2.81. The van der Waals surface area contributed by atoms with Gasteiger partial charge in [-0.25, -0.2) is 4.63 Å². The van der Waals surface area contributed by atoms with E-state index in [9.17, 15) is 4.79 Å². The van der Waals surface area contributed by atoms with Gasteiger partial charge < -0.3 is 10.2 Å². The van der Waals surface area contributed by atoms with E-state index in [-0.39, 0.29) is 12.5 Å². The third-order valence-electron chi connectivity index (χ3n) is 3.16. The summed E-state index contributed by atoms with van der Waals surface area (Å²) in [6.45, 7) is -0.157. The topological polar surface area (TPSA) is 89.6 Å². The number of carbonyl (C=O) groups excluding carboxylic acids is 1. The first-order chi connectivity index (χ1) is 10.7. The summed E-state index contributed by atoms with van der Waals surface area (Å²) in [7, 11) is 0. The second-order valence-electron chi connectivity index (χ2n) is 4.78. The Hall–Kier alpha value is -1.97. The van der Waals surface area contributed by atoms with E-state index in [0.717, 1.165) is 34.2 Å². The van der Waals surface area contributed by atoms with Gasteiger partial charge in [0.15, 0.2) is 12.3 Å². The van der Waals surface area contributed by atoms with Crippen LogP contribution in [0, 0.1) is 3.57 Å². The molecule has 3 rings (SSSR count). The summed E-state index contributed by atoms with van der Waals surface area (Å²) in [6, 6.07) is 7.50. The second kappa shape index (κ2) is 6.86. The number of fused-ring (bicyclic) bond motifs is 1. The fourth-order valence-electron chi connectivity index (χ4n) is 2.12. The molecule has 8 heteroatoms. The normalized spacial score (nSPS) is 15.4. The van der Waals surface area contributed by atoms with Crippen molar-refractivity contribution in [1.82, 2.24) is 10.3 Å². The molecule has 0 atom stereocenters. The van der Waals surface area contributed by atoms with E-state index in [1.54, 1.807) is 0 Å². The summed E-state index contributed by atoms with van der Waals surface area (Å²) < 4.78 is 5.80. The number of carbonyl (C=O) groups is 1. The number of oxime groups is 1. The highest BCUT2D eigenvalue weighted by atomic mass is 127. The highest BCUT2D eigenvalue weighted by Crippen LogP contribution is 2.18. The van der Waals surface area contributed by atoms with Crippen LogP contribution in [0.15, 0.2) is 34.1 Å². The number of amides is 1. The number of nitrogens with zero attached hydrogens (tertiary/aromatic N) is 3. The smallest absolute Gasteiger partial charge is 0.265 e. The Morgan fingerprint density at radius 2 is 2.14 bits per heavy atom. The summed E-state index contributed by atoms with van der Waals surface area (Å²) in [4.78, 5) is 16.9. The third-order valence-corrected chi connectivity index (χ3v) is 3.87. The van der Waals surface area contributed by atoms with Crippen molar-refractivity contribution in [3.63, 3.8) is 0 Å². The van der Waals surface area contributed by atoms with Crippen molar-refractivity contribution in [3.8, 4) is 0 Å². The highest BCUT2D eigenvalue weighted by molar-refractivity contribution is 14.1. The SMILES string of the molecule is O=C(CO/N=C1\CCCc2nonc21)Nc1ccc(I)cc1. The van der Waals surface area contributed by atoms with Gasteiger partial charge in [0.1, 0.15) is 11.4 Å². The fourth-order valence-corrected chi connectivity index (χ4v) is 2.48. The zero-order chi connectivity index (χ0) is 15.4. The van der Waals surface area contributed by atoms with Gasteiger partial charge in [-0.3, -0.25) is 4.79 Å². The standard InChI is InChI=1S/C14H13IN4O3/c15-9-4-6-10(7-5-9)16-13(20)8-21-17-11-2-1-3-12-14(11)19-22-18-12/h4-7H,1-3,8H2,(H,16,20)/b17-11+. The van der Waals surface area contributed by atoms with Gasteiger partial charge in [0.05, 0.1) is 0 Å². The van der Waals surface area contributed by atoms with Crippen LogP contribution in [-0.2, 0) is 16.1 Å². The average molecular weight is 412 g/mol. The molecule has 1 N–H and O–H groups in total. The number of benzene rings is 1. The maximum atomic E-state index is 11.8. The molecule has 0 fully saturated rings. The number of halogens is 1. The van der Waals surface area contributed by atoms with Crippen molar-refractivity contribution in [3.05, 3.63) is 39.2 Å². The largest absolute Gasteiger partial charge is 0.385 e. The zero-order valence-electron chi connectivity index (χ0n) is 11.6. The number of aryl methyl sites for hydroxylation is 1. The summed E-state index contributed by atoms with van der Waals surface area (Å²) >= 11 is 2.20. The van der Waals surface area contributed by atoms with E-state index >= 15 is 0 Å². The van der Waals surface area contributed by atoms with E-state index in [1.165, 1.54) is 0 Å². The van der Waals surface area contributed by atoms with Crippen LogP contribution < -0.4 is 5.32 Å². The summed E-state index contributed by atoms with van der Waals surface area (Å²) in [6.07, 6.45) is 2.48. The van der Waals surface area contributed by atoms with E-state index in [1.807, 2.05) is 24.3 Å². The van der Waals surface area contributed by atoms with Crippen molar-refractivity contribution >= 4 is 39.9 Å². The molecule has 1 aliphatic rings. The Morgan fingerprint density at radius 3 is 2.95 bits per heavy atom. The van der Waals surface area contributed by atoms with E-state index in [2.05, 4.69) is 43.4 Å². The number of rotatable bonds is 4. The van der Waals surface area contributed by atoms with Crippen LogP contribution in [-0.4, -0.2) is 28.5 Å². The Kier molecular flexibility index (Phi) is 4.66. The first kappa shape index (κ1) is 14.9. The first-order valence-corrected chi connectivity index (χ1v) is 7.86. The van der Waals surface area contributed by atoms with E-state index in [4.69, 9.17) is 9.47 Å². The van der Waals surface area contributed by atoms with Crippen molar-refractivity contribution < 1.29 is 14.3 Å². The molecule has 1 heterocycles. The van der Waals surface area contributed by atoms with Crippen molar-refractivity contribution in [2.45, 2.75) is 19.3 Å². The minimum absolute atomic E-state index is 0.157. The van der Waals surface area contributed by atoms with Crippen LogP contribution >= 0.6 is 22.6 Å². The van der Waals surface area contributed by atoms with Crippen LogP contribution in [0.5, 0.6) is 0 Å². The minimum atomic E-state index is -0.264. The minimum Gasteiger partial charge on any atom is -0.385 e.